The van der Waals surface area contributed by atoms with Crippen molar-refractivity contribution < 1.29 is 9.59 Å². The third kappa shape index (κ3) is 3.87. The van der Waals surface area contributed by atoms with Crippen LogP contribution in [0.5, 0.6) is 0 Å². The standard InChI is InChI=1S/C20H20N4O3/c1-13-5-4-6-16-18(13)21-12-24(20(16)27)11-17(25)22-15-9-7-14(8-10-15)19(26)23(2)3/h4-10,12H,11H2,1-3H3,(H,22,25). The molecule has 3 aromatic rings. The fraction of sp³-hybridized carbons (Fsp3) is 0.200. The van der Waals surface area contributed by atoms with E-state index in [4.69, 9.17) is 0 Å². The molecule has 7 nitrogen and oxygen atoms in total. The van der Waals surface area contributed by atoms with E-state index in [1.165, 1.54) is 15.8 Å². The lowest BCUT2D eigenvalue weighted by Gasteiger charge is -2.11. The molecule has 0 atom stereocenters. The minimum absolute atomic E-state index is 0.114. The first-order valence-electron chi connectivity index (χ1n) is 8.43. The fourth-order valence-electron chi connectivity index (χ4n) is 2.76. The number of carbonyl (C=O) groups excluding carboxylic acids is 2. The summed E-state index contributed by atoms with van der Waals surface area (Å²) in [5.41, 5.74) is 2.37. The summed E-state index contributed by atoms with van der Waals surface area (Å²) in [7, 11) is 3.35. The van der Waals surface area contributed by atoms with E-state index in [2.05, 4.69) is 10.3 Å². The van der Waals surface area contributed by atoms with Crippen LogP contribution in [-0.2, 0) is 11.3 Å². The number of benzene rings is 2. The Bertz CT molecular complexity index is 1070. The normalized spacial score (nSPS) is 10.6. The minimum atomic E-state index is -0.349. The zero-order valence-electron chi connectivity index (χ0n) is 15.4. The third-order valence-electron chi connectivity index (χ3n) is 4.19. The van der Waals surface area contributed by atoms with Crippen molar-refractivity contribution in [2.75, 3.05) is 19.4 Å². The molecule has 2 amide bonds. The quantitative estimate of drug-likeness (QED) is 0.768. The van der Waals surface area contributed by atoms with E-state index in [1.807, 2.05) is 13.0 Å². The maximum absolute atomic E-state index is 12.6. The van der Waals surface area contributed by atoms with E-state index in [-0.39, 0.29) is 23.9 Å². The molecule has 0 bridgehead atoms. The Hall–Kier alpha value is -3.48. The Morgan fingerprint density at radius 2 is 1.81 bits per heavy atom. The number of amides is 2. The van der Waals surface area contributed by atoms with Gasteiger partial charge in [0.2, 0.25) is 5.91 Å². The minimum Gasteiger partial charge on any atom is -0.345 e. The molecule has 138 valence electrons. The van der Waals surface area contributed by atoms with E-state index in [0.29, 0.717) is 22.2 Å². The van der Waals surface area contributed by atoms with Gasteiger partial charge in [0.15, 0.2) is 0 Å². The summed E-state index contributed by atoms with van der Waals surface area (Å²) in [4.78, 5) is 42.5. The average molecular weight is 364 g/mol. The smallest absolute Gasteiger partial charge is 0.261 e. The van der Waals surface area contributed by atoms with Gasteiger partial charge in [0, 0.05) is 25.3 Å². The third-order valence-corrected chi connectivity index (χ3v) is 4.19. The highest BCUT2D eigenvalue weighted by molar-refractivity contribution is 5.95. The van der Waals surface area contributed by atoms with E-state index in [0.717, 1.165) is 5.56 Å². The van der Waals surface area contributed by atoms with Crippen LogP contribution >= 0.6 is 0 Å². The lowest BCUT2D eigenvalue weighted by atomic mass is 10.1. The zero-order chi connectivity index (χ0) is 19.6. The summed E-state index contributed by atoms with van der Waals surface area (Å²) in [6.07, 6.45) is 1.39. The highest BCUT2D eigenvalue weighted by Gasteiger charge is 2.11. The molecule has 3 rings (SSSR count). The van der Waals surface area contributed by atoms with Gasteiger partial charge in [-0.15, -0.1) is 0 Å². The SMILES string of the molecule is Cc1cccc2c(=O)n(CC(=O)Nc3ccc(C(=O)N(C)C)cc3)cnc12. The van der Waals surface area contributed by atoms with Crippen LogP contribution in [0.15, 0.2) is 53.6 Å². The van der Waals surface area contributed by atoms with Crippen molar-refractivity contribution in [3.63, 3.8) is 0 Å². The highest BCUT2D eigenvalue weighted by atomic mass is 16.2. The summed E-state index contributed by atoms with van der Waals surface area (Å²) >= 11 is 0. The van der Waals surface area contributed by atoms with Crippen LogP contribution in [-0.4, -0.2) is 40.4 Å². The number of para-hydroxylation sites is 1. The lowest BCUT2D eigenvalue weighted by molar-refractivity contribution is -0.116. The van der Waals surface area contributed by atoms with Crippen LogP contribution in [0, 0.1) is 6.92 Å². The van der Waals surface area contributed by atoms with E-state index in [1.54, 1.807) is 50.5 Å². The predicted molar refractivity (Wildman–Crippen MR) is 104 cm³/mol. The monoisotopic (exact) mass is 364 g/mol. The summed E-state index contributed by atoms with van der Waals surface area (Å²) in [6, 6.07) is 12.0. The number of aryl methyl sites for hydroxylation is 1. The van der Waals surface area contributed by atoms with Crippen LogP contribution in [0.3, 0.4) is 0 Å². The molecule has 0 unspecified atom stereocenters. The molecule has 0 aliphatic carbocycles. The van der Waals surface area contributed by atoms with Gasteiger partial charge in [0.05, 0.1) is 17.2 Å². The van der Waals surface area contributed by atoms with E-state index >= 15 is 0 Å². The molecule has 0 fully saturated rings. The molecule has 27 heavy (non-hydrogen) atoms. The van der Waals surface area contributed by atoms with Crippen LogP contribution in [0.4, 0.5) is 5.69 Å². The number of rotatable bonds is 4. The largest absolute Gasteiger partial charge is 0.345 e. The van der Waals surface area contributed by atoms with Gasteiger partial charge in [0.1, 0.15) is 6.54 Å². The number of nitrogens with zero attached hydrogens (tertiary/aromatic N) is 3. The number of hydrogen-bond acceptors (Lipinski definition) is 4. The number of carbonyl (C=O) groups is 2. The van der Waals surface area contributed by atoms with Crippen molar-refractivity contribution in [2.45, 2.75) is 13.5 Å². The Morgan fingerprint density at radius 1 is 1.11 bits per heavy atom. The highest BCUT2D eigenvalue weighted by Crippen LogP contribution is 2.12. The van der Waals surface area contributed by atoms with Gasteiger partial charge in [-0.05, 0) is 42.8 Å². The van der Waals surface area contributed by atoms with E-state index < -0.39 is 0 Å². The molecule has 0 spiro atoms. The van der Waals surface area contributed by atoms with Crippen molar-refractivity contribution >= 4 is 28.4 Å². The Labute approximate surface area is 156 Å². The number of nitrogens with one attached hydrogen (secondary N) is 1. The van der Waals surface area contributed by atoms with Crippen molar-refractivity contribution in [3.05, 3.63) is 70.3 Å². The Balaban J connectivity index is 1.75. The first-order valence-corrected chi connectivity index (χ1v) is 8.43. The molecule has 1 N–H and O–H groups in total. The molecule has 0 radical (unpaired) electrons. The second-order valence-corrected chi connectivity index (χ2v) is 6.47. The molecule has 0 aliphatic heterocycles. The van der Waals surface area contributed by atoms with Crippen molar-refractivity contribution in [2.24, 2.45) is 0 Å². The van der Waals surface area contributed by atoms with Gasteiger partial charge in [-0.3, -0.25) is 19.0 Å². The van der Waals surface area contributed by atoms with Gasteiger partial charge in [-0.25, -0.2) is 4.98 Å². The maximum Gasteiger partial charge on any atom is 0.261 e. The summed E-state index contributed by atoms with van der Waals surface area (Å²) < 4.78 is 1.28. The number of fused-ring (bicyclic) bond motifs is 1. The molecular formula is C20H20N4O3. The summed E-state index contributed by atoms with van der Waals surface area (Å²) in [5.74, 6) is -0.463. The number of aromatic nitrogens is 2. The Kier molecular flexibility index (Phi) is 5.03. The maximum atomic E-state index is 12.6. The van der Waals surface area contributed by atoms with Crippen LogP contribution in [0.1, 0.15) is 15.9 Å². The van der Waals surface area contributed by atoms with Gasteiger partial charge in [-0.2, -0.15) is 0 Å². The number of hydrogen-bond donors (Lipinski definition) is 1. The first kappa shape index (κ1) is 18.3. The molecule has 2 aromatic carbocycles. The molecular weight excluding hydrogens is 344 g/mol. The van der Waals surface area contributed by atoms with Crippen molar-refractivity contribution in [1.82, 2.24) is 14.5 Å². The van der Waals surface area contributed by atoms with Gasteiger partial charge >= 0.3 is 0 Å². The predicted octanol–water partition coefficient (Wildman–Crippen LogP) is 2.05. The van der Waals surface area contributed by atoms with Crippen LogP contribution in [0.25, 0.3) is 10.9 Å². The summed E-state index contributed by atoms with van der Waals surface area (Å²) in [6.45, 7) is 1.74. The molecule has 1 heterocycles. The lowest BCUT2D eigenvalue weighted by Crippen LogP contribution is -2.28. The van der Waals surface area contributed by atoms with Crippen LogP contribution < -0.4 is 10.9 Å². The fourth-order valence-corrected chi connectivity index (χ4v) is 2.76. The van der Waals surface area contributed by atoms with Crippen LogP contribution in [0.2, 0.25) is 0 Å². The second kappa shape index (κ2) is 7.41. The van der Waals surface area contributed by atoms with Crippen molar-refractivity contribution in [3.8, 4) is 0 Å². The molecule has 0 saturated heterocycles. The number of anilines is 1. The first-order chi connectivity index (χ1) is 12.9. The molecule has 1 aromatic heterocycles. The molecule has 0 aliphatic rings. The average Bonchev–Trinajstić information content (AvgIpc) is 2.64. The Morgan fingerprint density at radius 3 is 2.48 bits per heavy atom. The van der Waals surface area contributed by atoms with Gasteiger partial charge in [0.25, 0.3) is 11.5 Å². The zero-order valence-corrected chi connectivity index (χ0v) is 15.4. The van der Waals surface area contributed by atoms with E-state index in [9.17, 15) is 14.4 Å². The molecule has 0 saturated carbocycles. The molecule has 7 heteroatoms. The topological polar surface area (TPSA) is 84.3 Å². The summed E-state index contributed by atoms with van der Waals surface area (Å²) in [5, 5.41) is 3.20. The van der Waals surface area contributed by atoms with Gasteiger partial charge in [-0.1, -0.05) is 12.1 Å². The second-order valence-electron chi connectivity index (χ2n) is 6.47. The van der Waals surface area contributed by atoms with Crippen molar-refractivity contribution in [1.29, 1.82) is 0 Å². The van der Waals surface area contributed by atoms with Gasteiger partial charge < -0.3 is 10.2 Å².